The second-order valence-electron chi connectivity index (χ2n) is 4.59. The second-order valence-corrected chi connectivity index (χ2v) is 5.55. The molecule has 2 rings (SSSR count). The Balaban J connectivity index is 2.06. The molecule has 0 aliphatic heterocycles. The molecule has 1 aromatic heterocycles. The Bertz CT molecular complexity index is 400. The van der Waals surface area contributed by atoms with Gasteiger partial charge < -0.3 is 10.1 Å². The van der Waals surface area contributed by atoms with E-state index in [1.165, 1.54) is 23.3 Å². The topological polar surface area (TPSA) is 38.3 Å². The number of ether oxygens (including phenoxy) is 1. The predicted molar refractivity (Wildman–Crippen MR) is 69.8 cm³/mol. The minimum Gasteiger partial charge on any atom is -0.383 e. The lowest BCUT2D eigenvalue weighted by molar-refractivity contribution is 0.0905. The van der Waals surface area contributed by atoms with Crippen LogP contribution in [0.3, 0.4) is 0 Å². The van der Waals surface area contributed by atoms with Crippen LogP contribution in [0.25, 0.3) is 0 Å². The summed E-state index contributed by atoms with van der Waals surface area (Å²) >= 11 is 1.73. The summed E-state index contributed by atoms with van der Waals surface area (Å²) in [6, 6.07) is 0.0617. The third kappa shape index (κ3) is 2.87. The molecule has 0 fully saturated rings. The maximum absolute atomic E-state index is 12.1. The van der Waals surface area contributed by atoms with Crippen molar-refractivity contribution in [1.82, 2.24) is 5.32 Å². The standard InChI is InChI=1S/C13H19NO2S/c1-9(7-16-2)14-13(15)11-8-17-12-6-4-3-5-10(11)12/h8-9H,3-7H2,1-2H3,(H,14,15). The first kappa shape index (κ1) is 12.6. The first-order valence-corrected chi connectivity index (χ1v) is 6.99. The van der Waals surface area contributed by atoms with E-state index in [9.17, 15) is 4.79 Å². The zero-order valence-electron chi connectivity index (χ0n) is 10.4. The monoisotopic (exact) mass is 253 g/mol. The van der Waals surface area contributed by atoms with Gasteiger partial charge in [-0.25, -0.2) is 0 Å². The van der Waals surface area contributed by atoms with Crippen molar-refractivity contribution < 1.29 is 9.53 Å². The van der Waals surface area contributed by atoms with Gasteiger partial charge >= 0.3 is 0 Å². The highest BCUT2D eigenvalue weighted by Gasteiger charge is 2.20. The van der Waals surface area contributed by atoms with Crippen molar-refractivity contribution in [3.8, 4) is 0 Å². The van der Waals surface area contributed by atoms with Crippen LogP contribution in [0, 0.1) is 0 Å². The minimum absolute atomic E-state index is 0.0500. The summed E-state index contributed by atoms with van der Waals surface area (Å²) in [5.74, 6) is 0.0500. The van der Waals surface area contributed by atoms with Gasteiger partial charge in [-0.2, -0.15) is 0 Å². The van der Waals surface area contributed by atoms with Crippen LogP contribution in [0.15, 0.2) is 5.38 Å². The smallest absolute Gasteiger partial charge is 0.252 e. The van der Waals surface area contributed by atoms with Gasteiger partial charge in [-0.3, -0.25) is 4.79 Å². The second kappa shape index (κ2) is 5.65. The molecule has 1 atom stereocenters. The molecule has 1 N–H and O–H groups in total. The van der Waals surface area contributed by atoms with E-state index in [2.05, 4.69) is 5.32 Å². The SMILES string of the molecule is COCC(C)NC(=O)c1csc2c1CCCC2. The molecule has 0 radical (unpaired) electrons. The molecule has 0 aromatic carbocycles. The number of thiophene rings is 1. The summed E-state index contributed by atoms with van der Waals surface area (Å²) in [7, 11) is 1.65. The Morgan fingerprint density at radius 2 is 2.29 bits per heavy atom. The van der Waals surface area contributed by atoms with E-state index < -0.39 is 0 Å². The Morgan fingerprint density at radius 1 is 1.53 bits per heavy atom. The molecule has 1 heterocycles. The Hall–Kier alpha value is -0.870. The van der Waals surface area contributed by atoms with E-state index in [0.29, 0.717) is 6.61 Å². The zero-order chi connectivity index (χ0) is 12.3. The molecule has 0 saturated carbocycles. The Labute approximate surface area is 106 Å². The average Bonchev–Trinajstić information content (AvgIpc) is 2.72. The molecule has 0 spiro atoms. The molecule has 1 aliphatic carbocycles. The van der Waals surface area contributed by atoms with Crippen molar-refractivity contribution in [2.45, 2.75) is 38.6 Å². The third-order valence-electron chi connectivity index (χ3n) is 3.10. The highest BCUT2D eigenvalue weighted by atomic mass is 32.1. The molecule has 17 heavy (non-hydrogen) atoms. The maximum Gasteiger partial charge on any atom is 0.252 e. The van der Waals surface area contributed by atoms with E-state index in [1.54, 1.807) is 18.4 Å². The molecular formula is C13H19NO2S. The van der Waals surface area contributed by atoms with E-state index >= 15 is 0 Å². The van der Waals surface area contributed by atoms with E-state index in [1.807, 2.05) is 12.3 Å². The zero-order valence-corrected chi connectivity index (χ0v) is 11.2. The number of aryl methyl sites for hydroxylation is 1. The number of methoxy groups -OCH3 is 1. The number of rotatable bonds is 4. The molecule has 1 unspecified atom stereocenters. The first-order valence-electron chi connectivity index (χ1n) is 6.11. The minimum atomic E-state index is 0.0500. The number of hydrogen-bond acceptors (Lipinski definition) is 3. The summed E-state index contributed by atoms with van der Waals surface area (Å²) in [4.78, 5) is 13.5. The quantitative estimate of drug-likeness (QED) is 0.894. The number of carbonyl (C=O) groups excluding carboxylic acids is 1. The van der Waals surface area contributed by atoms with E-state index in [4.69, 9.17) is 4.74 Å². The van der Waals surface area contributed by atoms with Crippen LogP contribution >= 0.6 is 11.3 Å². The molecule has 1 amide bonds. The molecule has 4 heteroatoms. The molecular weight excluding hydrogens is 234 g/mol. The van der Waals surface area contributed by atoms with Crippen molar-refractivity contribution in [3.63, 3.8) is 0 Å². The van der Waals surface area contributed by atoms with Gasteiger partial charge in [-0.15, -0.1) is 11.3 Å². The predicted octanol–water partition coefficient (Wildman–Crippen LogP) is 2.39. The van der Waals surface area contributed by atoms with Crippen molar-refractivity contribution in [3.05, 3.63) is 21.4 Å². The van der Waals surface area contributed by atoms with Crippen molar-refractivity contribution in [2.24, 2.45) is 0 Å². The molecule has 94 valence electrons. The van der Waals surface area contributed by atoms with Crippen LogP contribution in [0.4, 0.5) is 0 Å². The van der Waals surface area contributed by atoms with Gasteiger partial charge in [-0.1, -0.05) is 0 Å². The number of nitrogens with one attached hydrogen (secondary N) is 1. The molecule has 3 nitrogen and oxygen atoms in total. The summed E-state index contributed by atoms with van der Waals surface area (Å²) in [6.07, 6.45) is 4.66. The Morgan fingerprint density at radius 3 is 3.06 bits per heavy atom. The van der Waals surface area contributed by atoms with Gasteiger partial charge in [0.1, 0.15) is 0 Å². The highest BCUT2D eigenvalue weighted by molar-refractivity contribution is 7.10. The van der Waals surface area contributed by atoms with Gasteiger partial charge in [0.25, 0.3) is 5.91 Å². The number of carbonyl (C=O) groups is 1. The van der Waals surface area contributed by atoms with Crippen LogP contribution in [0.1, 0.15) is 40.6 Å². The number of fused-ring (bicyclic) bond motifs is 1. The highest BCUT2D eigenvalue weighted by Crippen LogP contribution is 2.30. The molecule has 0 saturated heterocycles. The maximum atomic E-state index is 12.1. The van der Waals surface area contributed by atoms with Crippen molar-refractivity contribution >= 4 is 17.2 Å². The fourth-order valence-corrected chi connectivity index (χ4v) is 3.40. The van der Waals surface area contributed by atoms with Gasteiger partial charge in [0.05, 0.1) is 12.2 Å². The lowest BCUT2D eigenvalue weighted by atomic mass is 9.95. The van der Waals surface area contributed by atoms with Gasteiger partial charge in [0, 0.05) is 23.4 Å². The summed E-state index contributed by atoms with van der Waals surface area (Å²) in [6.45, 7) is 2.51. The lowest BCUT2D eigenvalue weighted by Gasteiger charge is -2.15. The van der Waals surface area contributed by atoms with E-state index in [-0.39, 0.29) is 11.9 Å². The summed E-state index contributed by atoms with van der Waals surface area (Å²) in [5, 5.41) is 4.98. The van der Waals surface area contributed by atoms with Crippen LogP contribution < -0.4 is 5.32 Å². The molecule has 0 bridgehead atoms. The number of hydrogen-bond donors (Lipinski definition) is 1. The van der Waals surface area contributed by atoms with Crippen molar-refractivity contribution in [2.75, 3.05) is 13.7 Å². The fourth-order valence-electron chi connectivity index (χ4n) is 2.28. The van der Waals surface area contributed by atoms with Crippen LogP contribution in [0.5, 0.6) is 0 Å². The van der Waals surface area contributed by atoms with Gasteiger partial charge in [-0.05, 0) is 38.2 Å². The van der Waals surface area contributed by atoms with Gasteiger partial charge in [0.15, 0.2) is 0 Å². The Kier molecular flexibility index (Phi) is 4.18. The largest absolute Gasteiger partial charge is 0.383 e. The third-order valence-corrected chi connectivity index (χ3v) is 4.19. The average molecular weight is 253 g/mol. The van der Waals surface area contributed by atoms with Crippen LogP contribution in [0.2, 0.25) is 0 Å². The molecule has 1 aromatic rings. The summed E-state index contributed by atoms with van der Waals surface area (Å²) in [5.41, 5.74) is 2.16. The lowest BCUT2D eigenvalue weighted by Crippen LogP contribution is -2.35. The van der Waals surface area contributed by atoms with Crippen LogP contribution in [-0.2, 0) is 17.6 Å². The summed E-state index contributed by atoms with van der Waals surface area (Å²) < 4.78 is 5.02. The van der Waals surface area contributed by atoms with E-state index in [0.717, 1.165) is 18.4 Å². The van der Waals surface area contributed by atoms with Crippen LogP contribution in [-0.4, -0.2) is 25.7 Å². The van der Waals surface area contributed by atoms with Crippen molar-refractivity contribution in [1.29, 1.82) is 0 Å². The number of amides is 1. The first-order chi connectivity index (χ1) is 8.22. The molecule has 1 aliphatic rings. The van der Waals surface area contributed by atoms with Gasteiger partial charge in [0.2, 0.25) is 0 Å². The normalized spacial score (nSPS) is 16.4. The fraction of sp³-hybridized carbons (Fsp3) is 0.615.